The maximum absolute atomic E-state index is 11.9. The highest BCUT2D eigenvalue weighted by Crippen LogP contribution is 2.30. The van der Waals surface area contributed by atoms with Crippen LogP contribution in [0.3, 0.4) is 0 Å². The van der Waals surface area contributed by atoms with Gasteiger partial charge in [-0.3, -0.25) is 0 Å². The number of carboxylic acid groups (broad SMARTS) is 2. The Morgan fingerprint density at radius 1 is 0.667 bits per heavy atom. The molecule has 0 saturated carbocycles. The SMILES string of the molecule is O=C(O)C1=C(C(=O)OC(=O)C2=C(C(=O)O)CCC2)CCC1. The minimum absolute atomic E-state index is 0.00804. The second kappa shape index (κ2) is 5.90. The molecule has 0 heterocycles. The molecule has 0 unspecified atom stereocenters. The van der Waals surface area contributed by atoms with Gasteiger partial charge >= 0.3 is 23.9 Å². The maximum atomic E-state index is 11.9. The standard InChI is InChI=1S/C14H14O7/c15-11(16)7-3-1-5-9(7)13(19)21-14(20)10-6-2-4-8(10)12(17)18/h1-6H2,(H,15,16)(H,17,18). The van der Waals surface area contributed by atoms with Gasteiger partial charge in [0.1, 0.15) is 0 Å². The van der Waals surface area contributed by atoms with E-state index in [0.717, 1.165) is 0 Å². The van der Waals surface area contributed by atoms with Gasteiger partial charge in [-0.1, -0.05) is 0 Å². The van der Waals surface area contributed by atoms with Gasteiger partial charge in [-0.15, -0.1) is 0 Å². The van der Waals surface area contributed by atoms with E-state index in [2.05, 4.69) is 4.74 Å². The summed E-state index contributed by atoms with van der Waals surface area (Å²) in [5, 5.41) is 17.9. The van der Waals surface area contributed by atoms with Gasteiger partial charge in [0.25, 0.3) is 0 Å². The molecule has 0 amide bonds. The normalized spacial score (nSPS) is 18.1. The highest BCUT2D eigenvalue weighted by Gasteiger charge is 2.31. The summed E-state index contributed by atoms with van der Waals surface area (Å²) in [5.74, 6) is -4.37. The molecule has 0 aromatic heterocycles. The smallest absolute Gasteiger partial charge is 0.342 e. The topological polar surface area (TPSA) is 118 Å². The van der Waals surface area contributed by atoms with Crippen LogP contribution in [0, 0.1) is 0 Å². The number of esters is 2. The molecule has 0 atom stereocenters. The zero-order valence-corrected chi connectivity index (χ0v) is 11.2. The molecule has 2 rings (SSSR count). The van der Waals surface area contributed by atoms with E-state index in [9.17, 15) is 19.2 Å². The molecule has 0 fully saturated rings. The summed E-state index contributed by atoms with van der Waals surface area (Å²) >= 11 is 0. The summed E-state index contributed by atoms with van der Waals surface area (Å²) in [6.45, 7) is 0. The fourth-order valence-electron chi connectivity index (χ4n) is 2.62. The predicted molar refractivity (Wildman–Crippen MR) is 68.1 cm³/mol. The highest BCUT2D eigenvalue weighted by atomic mass is 16.6. The Labute approximate surface area is 119 Å². The van der Waals surface area contributed by atoms with E-state index < -0.39 is 23.9 Å². The van der Waals surface area contributed by atoms with Crippen molar-refractivity contribution in [2.45, 2.75) is 38.5 Å². The van der Waals surface area contributed by atoms with E-state index in [1.807, 2.05) is 0 Å². The fraction of sp³-hybridized carbons (Fsp3) is 0.429. The molecule has 0 aromatic carbocycles. The summed E-state index contributed by atoms with van der Waals surface area (Å²) in [6, 6.07) is 0. The van der Waals surface area contributed by atoms with E-state index >= 15 is 0 Å². The van der Waals surface area contributed by atoms with E-state index in [1.165, 1.54) is 0 Å². The first kappa shape index (κ1) is 15.0. The van der Waals surface area contributed by atoms with Gasteiger partial charge in [-0.05, 0) is 38.5 Å². The van der Waals surface area contributed by atoms with Crippen molar-refractivity contribution in [3.05, 3.63) is 22.3 Å². The quantitative estimate of drug-likeness (QED) is 0.590. The molecular formula is C14H14O7. The average Bonchev–Trinajstić information content (AvgIpc) is 3.07. The van der Waals surface area contributed by atoms with Crippen molar-refractivity contribution in [1.82, 2.24) is 0 Å². The van der Waals surface area contributed by atoms with E-state index in [1.54, 1.807) is 0 Å². The average molecular weight is 294 g/mol. The minimum Gasteiger partial charge on any atom is -0.478 e. The molecule has 0 spiro atoms. The van der Waals surface area contributed by atoms with Gasteiger partial charge in [-0.2, -0.15) is 0 Å². The molecule has 2 aliphatic rings. The maximum Gasteiger partial charge on any atom is 0.342 e. The molecule has 7 nitrogen and oxygen atoms in total. The summed E-state index contributed by atoms with van der Waals surface area (Å²) in [5.41, 5.74) is -0.0871. The Bertz CT molecular complexity index is 542. The number of carbonyl (C=O) groups is 4. The first-order valence-corrected chi connectivity index (χ1v) is 6.59. The third-order valence-corrected chi connectivity index (χ3v) is 3.63. The summed E-state index contributed by atoms with van der Waals surface area (Å²) in [4.78, 5) is 45.7. The van der Waals surface area contributed by atoms with Crippen molar-refractivity contribution in [2.24, 2.45) is 0 Å². The second-order valence-corrected chi connectivity index (χ2v) is 4.91. The van der Waals surface area contributed by atoms with Gasteiger partial charge in [0.15, 0.2) is 0 Å². The lowest BCUT2D eigenvalue weighted by Crippen LogP contribution is -2.18. The molecular weight excluding hydrogens is 280 g/mol. The number of carbonyl (C=O) groups excluding carboxylic acids is 2. The Kier molecular flexibility index (Phi) is 4.21. The van der Waals surface area contributed by atoms with Gasteiger partial charge in [0.05, 0.1) is 0 Å². The molecule has 112 valence electrons. The molecule has 2 aliphatic carbocycles. The molecule has 21 heavy (non-hydrogen) atoms. The van der Waals surface area contributed by atoms with Gasteiger partial charge in [0, 0.05) is 22.3 Å². The Balaban J connectivity index is 2.15. The van der Waals surface area contributed by atoms with E-state index in [-0.39, 0.29) is 48.0 Å². The number of hydrogen-bond donors (Lipinski definition) is 2. The Morgan fingerprint density at radius 3 is 1.33 bits per heavy atom. The first-order valence-electron chi connectivity index (χ1n) is 6.59. The summed E-state index contributed by atoms with van der Waals surface area (Å²) in [7, 11) is 0. The van der Waals surface area contributed by atoms with Crippen LogP contribution in [0.4, 0.5) is 0 Å². The lowest BCUT2D eigenvalue weighted by Gasteiger charge is -2.06. The number of hydrogen-bond acceptors (Lipinski definition) is 5. The first-order chi connectivity index (χ1) is 9.91. The molecule has 0 aliphatic heterocycles. The molecule has 0 bridgehead atoms. The summed E-state index contributed by atoms with van der Waals surface area (Å²) in [6.07, 6.45) is 2.05. The minimum atomic E-state index is -1.20. The van der Waals surface area contributed by atoms with E-state index in [0.29, 0.717) is 12.8 Å². The van der Waals surface area contributed by atoms with Crippen molar-refractivity contribution >= 4 is 23.9 Å². The number of carboxylic acids is 2. The van der Waals surface area contributed by atoms with Crippen molar-refractivity contribution in [3.8, 4) is 0 Å². The third kappa shape index (κ3) is 3.01. The third-order valence-electron chi connectivity index (χ3n) is 3.63. The van der Waals surface area contributed by atoms with Crippen LogP contribution in [0.1, 0.15) is 38.5 Å². The van der Waals surface area contributed by atoms with Gasteiger partial charge < -0.3 is 14.9 Å². The highest BCUT2D eigenvalue weighted by molar-refractivity contribution is 6.08. The molecule has 0 saturated heterocycles. The van der Waals surface area contributed by atoms with Crippen LogP contribution in [0.25, 0.3) is 0 Å². The molecule has 0 radical (unpaired) electrons. The summed E-state index contributed by atoms with van der Waals surface area (Å²) < 4.78 is 4.66. The van der Waals surface area contributed by atoms with Crippen molar-refractivity contribution in [3.63, 3.8) is 0 Å². The predicted octanol–water partition coefficient (Wildman–Crippen LogP) is 1.19. The fourth-order valence-corrected chi connectivity index (χ4v) is 2.62. The van der Waals surface area contributed by atoms with Crippen LogP contribution in [0.5, 0.6) is 0 Å². The van der Waals surface area contributed by atoms with Crippen LogP contribution in [-0.2, 0) is 23.9 Å². The van der Waals surface area contributed by atoms with Crippen molar-refractivity contribution in [1.29, 1.82) is 0 Å². The Morgan fingerprint density at radius 2 is 1.00 bits per heavy atom. The van der Waals surface area contributed by atoms with Crippen LogP contribution in [-0.4, -0.2) is 34.1 Å². The largest absolute Gasteiger partial charge is 0.478 e. The monoisotopic (exact) mass is 294 g/mol. The van der Waals surface area contributed by atoms with Gasteiger partial charge in [-0.25, -0.2) is 19.2 Å². The molecule has 7 heteroatoms. The van der Waals surface area contributed by atoms with Crippen LogP contribution in [0.15, 0.2) is 22.3 Å². The van der Waals surface area contributed by atoms with Crippen LogP contribution in [0.2, 0.25) is 0 Å². The number of rotatable bonds is 4. The number of ether oxygens (including phenoxy) is 1. The molecule has 2 N–H and O–H groups in total. The van der Waals surface area contributed by atoms with Crippen LogP contribution < -0.4 is 0 Å². The van der Waals surface area contributed by atoms with Crippen molar-refractivity contribution < 1.29 is 34.1 Å². The lowest BCUT2D eigenvalue weighted by atomic mass is 10.1. The second-order valence-electron chi connectivity index (χ2n) is 4.91. The number of aliphatic carboxylic acids is 2. The van der Waals surface area contributed by atoms with E-state index in [4.69, 9.17) is 10.2 Å². The Hall–Kier alpha value is -2.44. The lowest BCUT2D eigenvalue weighted by molar-refractivity contribution is -0.154. The van der Waals surface area contributed by atoms with Gasteiger partial charge in [0.2, 0.25) is 0 Å². The molecule has 0 aromatic rings. The van der Waals surface area contributed by atoms with Crippen molar-refractivity contribution in [2.75, 3.05) is 0 Å². The van der Waals surface area contributed by atoms with Crippen LogP contribution >= 0.6 is 0 Å². The zero-order chi connectivity index (χ0) is 15.6. The zero-order valence-electron chi connectivity index (χ0n) is 11.2.